The van der Waals surface area contributed by atoms with Crippen molar-refractivity contribution in [2.75, 3.05) is 4.90 Å². The van der Waals surface area contributed by atoms with Gasteiger partial charge in [-0.3, -0.25) is 9.88 Å². The number of aromatic nitrogens is 1. The monoisotopic (exact) mass is 345 g/mol. The van der Waals surface area contributed by atoms with Crippen LogP contribution < -0.4 is 10.6 Å². The summed E-state index contributed by atoms with van der Waals surface area (Å²) in [6, 6.07) is 12.3. The SMILES string of the molecule is Cc1cc(N(C(N)=O)c2cccc(C(F)(F)F)c2)c2ccccc2n1. The van der Waals surface area contributed by atoms with Crippen LogP contribution in [0.1, 0.15) is 11.3 Å². The fraction of sp³-hybridized carbons (Fsp3) is 0.111. The van der Waals surface area contributed by atoms with Gasteiger partial charge in [-0.15, -0.1) is 0 Å². The van der Waals surface area contributed by atoms with E-state index in [4.69, 9.17) is 5.73 Å². The van der Waals surface area contributed by atoms with E-state index in [0.717, 1.165) is 17.0 Å². The van der Waals surface area contributed by atoms with Gasteiger partial charge in [-0.2, -0.15) is 13.2 Å². The highest BCUT2D eigenvalue weighted by atomic mass is 19.4. The lowest BCUT2D eigenvalue weighted by Gasteiger charge is -2.23. The predicted octanol–water partition coefficient (Wildman–Crippen LogP) is 4.78. The Hall–Kier alpha value is -3.09. The first kappa shape index (κ1) is 16.8. The smallest absolute Gasteiger partial charge is 0.351 e. The summed E-state index contributed by atoms with van der Waals surface area (Å²) in [5.74, 6) is 0. The van der Waals surface area contributed by atoms with Crippen LogP contribution in [0, 0.1) is 6.92 Å². The van der Waals surface area contributed by atoms with Gasteiger partial charge in [-0.25, -0.2) is 4.79 Å². The van der Waals surface area contributed by atoms with Crippen LogP contribution in [0.15, 0.2) is 54.6 Å². The zero-order valence-corrected chi connectivity index (χ0v) is 13.2. The van der Waals surface area contributed by atoms with Gasteiger partial charge >= 0.3 is 12.2 Å². The first-order valence-corrected chi connectivity index (χ1v) is 7.40. The zero-order chi connectivity index (χ0) is 18.2. The summed E-state index contributed by atoms with van der Waals surface area (Å²) >= 11 is 0. The molecule has 0 bridgehead atoms. The number of carbonyl (C=O) groups excluding carboxylic acids is 1. The van der Waals surface area contributed by atoms with Crippen LogP contribution >= 0.6 is 0 Å². The molecule has 0 atom stereocenters. The van der Waals surface area contributed by atoms with Gasteiger partial charge in [0.1, 0.15) is 0 Å². The average molecular weight is 345 g/mol. The predicted molar refractivity (Wildman–Crippen MR) is 89.6 cm³/mol. The normalized spacial score (nSPS) is 11.5. The van der Waals surface area contributed by atoms with E-state index in [1.54, 1.807) is 37.3 Å². The van der Waals surface area contributed by atoms with Gasteiger partial charge in [-0.1, -0.05) is 24.3 Å². The Kier molecular flexibility index (Phi) is 4.08. The van der Waals surface area contributed by atoms with Gasteiger partial charge in [-0.05, 0) is 37.3 Å². The molecule has 7 heteroatoms. The number of halogens is 3. The van der Waals surface area contributed by atoms with E-state index in [9.17, 15) is 18.0 Å². The van der Waals surface area contributed by atoms with Crippen LogP contribution in [0.5, 0.6) is 0 Å². The number of pyridine rings is 1. The van der Waals surface area contributed by atoms with Gasteiger partial charge in [0, 0.05) is 11.1 Å². The summed E-state index contributed by atoms with van der Waals surface area (Å²) in [6.45, 7) is 1.74. The van der Waals surface area contributed by atoms with Crippen molar-refractivity contribution < 1.29 is 18.0 Å². The molecular formula is C18H14F3N3O. The van der Waals surface area contributed by atoms with Crippen molar-refractivity contribution in [3.05, 3.63) is 65.9 Å². The van der Waals surface area contributed by atoms with Gasteiger partial charge < -0.3 is 5.73 Å². The number of nitrogens with two attached hydrogens (primary N) is 1. The minimum atomic E-state index is -4.52. The Balaban J connectivity index is 2.24. The van der Waals surface area contributed by atoms with Crippen molar-refractivity contribution in [1.29, 1.82) is 0 Å². The molecule has 2 N–H and O–H groups in total. The second kappa shape index (κ2) is 6.08. The van der Waals surface area contributed by atoms with Gasteiger partial charge in [0.2, 0.25) is 0 Å². The number of rotatable bonds is 2. The minimum Gasteiger partial charge on any atom is -0.351 e. The standard InChI is InChI=1S/C18H14F3N3O/c1-11-9-16(14-7-2-3-8-15(14)23-11)24(17(22)25)13-6-4-5-12(10-13)18(19,20)21/h2-10H,1H3,(H2,22,25). The fourth-order valence-electron chi connectivity index (χ4n) is 2.68. The lowest BCUT2D eigenvalue weighted by atomic mass is 10.1. The minimum absolute atomic E-state index is 0.0399. The number of alkyl halides is 3. The quantitative estimate of drug-likeness (QED) is 0.727. The molecular weight excluding hydrogens is 331 g/mol. The van der Waals surface area contributed by atoms with Crippen molar-refractivity contribution >= 4 is 28.3 Å². The number of urea groups is 1. The number of nitrogens with zero attached hydrogens (tertiary/aromatic N) is 2. The molecule has 0 aliphatic rings. The maximum Gasteiger partial charge on any atom is 0.416 e. The molecule has 0 aliphatic carbocycles. The van der Waals surface area contributed by atoms with Gasteiger partial charge in [0.15, 0.2) is 0 Å². The molecule has 128 valence electrons. The van der Waals surface area contributed by atoms with Crippen LogP contribution in [0.3, 0.4) is 0 Å². The number of amides is 2. The second-order valence-corrected chi connectivity index (χ2v) is 5.52. The molecule has 0 saturated carbocycles. The molecule has 0 unspecified atom stereocenters. The number of benzene rings is 2. The maximum atomic E-state index is 13.0. The van der Waals surface area contributed by atoms with E-state index < -0.39 is 17.8 Å². The molecule has 0 fully saturated rings. The number of para-hydroxylation sites is 1. The number of primary amides is 1. The molecule has 1 heterocycles. The van der Waals surface area contributed by atoms with Crippen LogP contribution in [-0.2, 0) is 6.18 Å². The third-order valence-corrected chi connectivity index (χ3v) is 3.72. The topological polar surface area (TPSA) is 59.2 Å². The van der Waals surface area contributed by atoms with Crippen molar-refractivity contribution in [1.82, 2.24) is 4.98 Å². The molecule has 3 aromatic rings. The fourth-order valence-corrected chi connectivity index (χ4v) is 2.68. The molecule has 3 rings (SSSR count). The summed E-state index contributed by atoms with van der Waals surface area (Å²) in [4.78, 5) is 17.5. The highest BCUT2D eigenvalue weighted by Crippen LogP contribution is 2.36. The van der Waals surface area contributed by atoms with E-state index >= 15 is 0 Å². The number of anilines is 2. The van der Waals surface area contributed by atoms with Crippen molar-refractivity contribution in [2.24, 2.45) is 5.73 Å². The highest BCUT2D eigenvalue weighted by molar-refractivity contribution is 6.06. The Morgan fingerprint density at radius 1 is 1.08 bits per heavy atom. The summed E-state index contributed by atoms with van der Waals surface area (Å²) in [7, 11) is 0. The van der Waals surface area contributed by atoms with E-state index in [1.807, 2.05) is 0 Å². The van der Waals surface area contributed by atoms with E-state index in [2.05, 4.69) is 4.98 Å². The van der Waals surface area contributed by atoms with E-state index in [1.165, 1.54) is 12.1 Å². The largest absolute Gasteiger partial charge is 0.416 e. The number of hydrogen-bond acceptors (Lipinski definition) is 2. The third kappa shape index (κ3) is 3.26. The van der Waals surface area contributed by atoms with Crippen molar-refractivity contribution in [3.63, 3.8) is 0 Å². The molecule has 0 spiro atoms. The Labute approximate surface area is 141 Å². The average Bonchev–Trinajstić information content (AvgIpc) is 2.54. The molecule has 2 amide bonds. The summed E-state index contributed by atoms with van der Waals surface area (Å²) in [5.41, 5.74) is 6.29. The molecule has 0 aliphatic heterocycles. The van der Waals surface area contributed by atoms with Crippen molar-refractivity contribution in [3.8, 4) is 0 Å². The molecule has 0 saturated heterocycles. The Bertz CT molecular complexity index is 954. The number of carbonyl (C=O) groups is 1. The lowest BCUT2D eigenvalue weighted by molar-refractivity contribution is -0.137. The number of aryl methyl sites for hydroxylation is 1. The Morgan fingerprint density at radius 3 is 2.48 bits per heavy atom. The van der Waals surface area contributed by atoms with Crippen LogP contribution in [-0.4, -0.2) is 11.0 Å². The number of hydrogen-bond donors (Lipinski definition) is 1. The van der Waals surface area contributed by atoms with Gasteiger partial charge in [0.25, 0.3) is 0 Å². The number of fused-ring (bicyclic) bond motifs is 1. The molecule has 0 radical (unpaired) electrons. The van der Waals surface area contributed by atoms with E-state index in [0.29, 0.717) is 22.3 Å². The zero-order valence-electron chi connectivity index (χ0n) is 13.2. The highest BCUT2D eigenvalue weighted by Gasteiger charge is 2.31. The van der Waals surface area contributed by atoms with Crippen LogP contribution in [0.4, 0.5) is 29.3 Å². The summed E-state index contributed by atoms with van der Waals surface area (Å²) in [5, 5.41) is 0.615. The molecule has 1 aromatic heterocycles. The van der Waals surface area contributed by atoms with Gasteiger partial charge in [0.05, 0.1) is 22.5 Å². The third-order valence-electron chi connectivity index (χ3n) is 3.72. The Morgan fingerprint density at radius 2 is 1.80 bits per heavy atom. The first-order chi connectivity index (χ1) is 11.8. The van der Waals surface area contributed by atoms with E-state index in [-0.39, 0.29) is 5.69 Å². The molecule has 4 nitrogen and oxygen atoms in total. The lowest BCUT2D eigenvalue weighted by Crippen LogP contribution is -2.32. The molecule has 25 heavy (non-hydrogen) atoms. The summed E-state index contributed by atoms with van der Waals surface area (Å²) < 4.78 is 39.0. The molecule has 2 aromatic carbocycles. The van der Waals surface area contributed by atoms with Crippen LogP contribution in [0.2, 0.25) is 0 Å². The first-order valence-electron chi connectivity index (χ1n) is 7.40. The van der Waals surface area contributed by atoms with Crippen LogP contribution in [0.25, 0.3) is 10.9 Å². The van der Waals surface area contributed by atoms with Crippen molar-refractivity contribution in [2.45, 2.75) is 13.1 Å². The second-order valence-electron chi connectivity index (χ2n) is 5.52. The summed E-state index contributed by atoms with van der Waals surface area (Å²) in [6.07, 6.45) is -4.52. The maximum absolute atomic E-state index is 13.0.